The molecule has 0 aliphatic carbocycles. The molecule has 2 aromatic heterocycles. The van der Waals surface area contributed by atoms with Crippen LogP contribution in [0.5, 0.6) is 0 Å². The zero-order valence-electron chi connectivity index (χ0n) is 18.5. The maximum atomic E-state index is 12.9. The number of aliphatic carboxylic acids is 1. The van der Waals surface area contributed by atoms with Gasteiger partial charge in [-0.1, -0.05) is 45.0 Å². The number of benzene rings is 1. The minimum absolute atomic E-state index is 0.226. The Morgan fingerprint density at radius 3 is 2.06 bits per heavy atom. The van der Waals surface area contributed by atoms with Crippen LogP contribution in [0.3, 0.4) is 0 Å². The zero-order chi connectivity index (χ0) is 23.3. The highest BCUT2D eigenvalue weighted by Gasteiger charge is 2.30. The van der Waals surface area contributed by atoms with E-state index in [1.54, 1.807) is 29.4 Å². The number of aliphatic hydroxyl groups excluding tert-OH is 1. The molecule has 1 amide bonds. The van der Waals surface area contributed by atoms with Gasteiger partial charge in [0.05, 0.1) is 19.1 Å². The molecule has 0 saturated heterocycles. The summed E-state index contributed by atoms with van der Waals surface area (Å²) in [6.45, 7) is 5.49. The number of hydrogen-bond acceptors (Lipinski definition) is 4. The minimum atomic E-state index is -1.07. The van der Waals surface area contributed by atoms with Crippen LogP contribution in [0.4, 0.5) is 0 Å². The summed E-state index contributed by atoms with van der Waals surface area (Å²) in [7, 11) is 0. The summed E-state index contributed by atoms with van der Waals surface area (Å²) in [5, 5.41) is 21.8. The maximum Gasteiger partial charge on any atom is 0.306 e. The third-order valence-electron chi connectivity index (χ3n) is 5.52. The number of carboxylic acids is 1. The first-order valence-corrected chi connectivity index (χ1v) is 10.5. The largest absolute Gasteiger partial charge is 0.481 e. The van der Waals surface area contributed by atoms with Crippen molar-refractivity contribution in [3.05, 3.63) is 67.3 Å². The Hall–Kier alpha value is -3.45. The van der Waals surface area contributed by atoms with Crippen LogP contribution < -0.4 is 5.32 Å². The molecule has 2 heterocycles. The van der Waals surface area contributed by atoms with E-state index in [0.29, 0.717) is 0 Å². The lowest BCUT2D eigenvalue weighted by Gasteiger charge is -2.31. The summed E-state index contributed by atoms with van der Waals surface area (Å²) in [5.41, 5.74) is 3.61. The lowest BCUT2D eigenvalue weighted by Crippen LogP contribution is -2.48. The number of pyridine rings is 1. The second-order valence-electron chi connectivity index (χ2n) is 8.88. The van der Waals surface area contributed by atoms with Crippen molar-refractivity contribution >= 4 is 11.9 Å². The first-order valence-electron chi connectivity index (χ1n) is 10.5. The van der Waals surface area contributed by atoms with Gasteiger partial charge in [0.25, 0.3) is 0 Å². The smallest absolute Gasteiger partial charge is 0.306 e. The van der Waals surface area contributed by atoms with Crippen LogP contribution in [0.25, 0.3) is 22.3 Å². The molecule has 7 heteroatoms. The summed E-state index contributed by atoms with van der Waals surface area (Å²) in [6.07, 6.45) is 6.63. The van der Waals surface area contributed by atoms with Crippen LogP contribution in [-0.4, -0.2) is 44.3 Å². The van der Waals surface area contributed by atoms with Crippen molar-refractivity contribution in [2.75, 3.05) is 6.61 Å². The van der Waals surface area contributed by atoms with E-state index >= 15 is 0 Å². The average molecular weight is 436 g/mol. The molecule has 32 heavy (non-hydrogen) atoms. The molecule has 3 N–H and O–H groups in total. The van der Waals surface area contributed by atoms with Gasteiger partial charge in [0.1, 0.15) is 6.04 Å². The second kappa shape index (κ2) is 9.78. The number of amides is 1. The van der Waals surface area contributed by atoms with Gasteiger partial charge in [-0.3, -0.25) is 14.6 Å². The Bertz CT molecular complexity index is 1050. The van der Waals surface area contributed by atoms with Gasteiger partial charge in [-0.15, -0.1) is 0 Å². The highest BCUT2D eigenvalue weighted by atomic mass is 16.4. The quantitative estimate of drug-likeness (QED) is 0.500. The maximum absolute atomic E-state index is 12.9. The van der Waals surface area contributed by atoms with Crippen LogP contribution in [-0.2, 0) is 9.59 Å². The molecule has 0 spiro atoms. The van der Waals surface area contributed by atoms with E-state index in [1.807, 2.05) is 63.2 Å². The van der Waals surface area contributed by atoms with Gasteiger partial charge in [0.15, 0.2) is 0 Å². The molecule has 0 aliphatic heterocycles. The lowest BCUT2D eigenvalue weighted by atomic mass is 9.87. The van der Waals surface area contributed by atoms with Crippen molar-refractivity contribution in [3.8, 4) is 22.3 Å². The zero-order valence-corrected chi connectivity index (χ0v) is 18.5. The average Bonchev–Trinajstić information content (AvgIpc) is 3.25. The van der Waals surface area contributed by atoms with Crippen LogP contribution in [0.15, 0.2) is 67.3 Å². The molecule has 0 fully saturated rings. The molecule has 168 valence electrons. The number of carboxylic acid groups (broad SMARTS) is 1. The van der Waals surface area contributed by atoms with Gasteiger partial charge in [-0.05, 0) is 45.9 Å². The lowest BCUT2D eigenvalue weighted by molar-refractivity contribution is -0.141. The van der Waals surface area contributed by atoms with Gasteiger partial charge in [-0.2, -0.15) is 0 Å². The van der Waals surface area contributed by atoms with Gasteiger partial charge in [0, 0.05) is 24.8 Å². The summed E-state index contributed by atoms with van der Waals surface area (Å²) in [6, 6.07) is 12.3. The summed E-state index contributed by atoms with van der Waals surface area (Å²) < 4.78 is 1.62. The van der Waals surface area contributed by atoms with Gasteiger partial charge >= 0.3 is 5.97 Å². The fourth-order valence-electron chi connectivity index (χ4n) is 3.48. The molecule has 2 unspecified atom stereocenters. The third-order valence-corrected chi connectivity index (χ3v) is 5.52. The van der Waals surface area contributed by atoms with E-state index in [2.05, 4.69) is 10.3 Å². The number of carbonyl (C=O) groups is 2. The Balaban J connectivity index is 1.82. The van der Waals surface area contributed by atoms with E-state index in [-0.39, 0.29) is 18.4 Å². The van der Waals surface area contributed by atoms with Crippen LogP contribution in [0.1, 0.15) is 33.2 Å². The number of rotatable bonds is 8. The highest BCUT2D eigenvalue weighted by Crippen LogP contribution is 2.27. The first-order chi connectivity index (χ1) is 15.2. The van der Waals surface area contributed by atoms with Crippen molar-refractivity contribution in [1.29, 1.82) is 0 Å². The molecule has 0 aliphatic rings. The molecular weight excluding hydrogens is 406 g/mol. The molecule has 3 aromatic rings. The number of carbonyl (C=O) groups excluding carboxylic acids is 1. The van der Waals surface area contributed by atoms with Crippen molar-refractivity contribution < 1.29 is 19.8 Å². The summed E-state index contributed by atoms with van der Waals surface area (Å²) in [4.78, 5) is 28.4. The van der Waals surface area contributed by atoms with Crippen LogP contribution >= 0.6 is 0 Å². The Labute approximate surface area is 187 Å². The number of hydrogen-bond donors (Lipinski definition) is 3. The number of nitrogens with one attached hydrogen (secondary N) is 1. The SMILES string of the molecule is CC(C)(C)C(CO)NC(=O)C(CC(=O)O)n1ccc(-c2ccc(-c3ccncc3)cc2)c1. The van der Waals surface area contributed by atoms with Crippen LogP contribution in [0, 0.1) is 5.41 Å². The van der Waals surface area contributed by atoms with Gasteiger partial charge in [0.2, 0.25) is 5.91 Å². The Morgan fingerprint density at radius 1 is 0.969 bits per heavy atom. The third kappa shape index (κ3) is 5.62. The van der Waals surface area contributed by atoms with Crippen molar-refractivity contribution in [2.45, 2.75) is 39.3 Å². The number of nitrogens with zero attached hydrogens (tertiary/aromatic N) is 2. The number of aromatic nitrogens is 2. The Kier molecular flexibility index (Phi) is 7.10. The first kappa shape index (κ1) is 23.2. The van der Waals surface area contributed by atoms with Crippen molar-refractivity contribution in [3.63, 3.8) is 0 Å². The monoisotopic (exact) mass is 435 g/mol. The molecule has 1 aromatic carbocycles. The molecule has 7 nitrogen and oxygen atoms in total. The predicted molar refractivity (Wildman–Crippen MR) is 123 cm³/mol. The summed E-state index contributed by atoms with van der Waals surface area (Å²) in [5.74, 6) is -1.50. The fourth-order valence-corrected chi connectivity index (χ4v) is 3.48. The van der Waals surface area contributed by atoms with Crippen LogP contribution in [0.2, 0.25) is 0 Å². The van der Waals surface area contributed by atoms with Gasteiger partial charge in [-0.25, -0.2) is 0 Å². The summed E-state index contributed by atoms with van der Waals surface area (Å²) >= 11 is 0. The van der Waals surface area contributed by atoms with Gasteiger partial charge < -0.3 is 20.1 Å². The van der Waals surface area contributed by atoms with Crippen molar-refractivity contribution in [1.82, 2.24) is 14.9 Å². The van der Waals surface area contributed by atoms with Crippen molar-refractivity contribution in [2.24, 2.45) is 5.41 Å². The highest BCUT2D eigenvalue weighted by molar-refractivity contribution is 5.85. The normalized spacial score (nSPS) is 13.4. The molecule has 0 saturated carbocycles. The molecule has 3 rings (SSSR count). The standard InChI is InChI=1S/C25H29N3O4/c1-25(2,3)22(16-29)27-24(32)21(14-23(30)31)28-13-10-20(15-28)18-6-4-17(5-7-18)19-8-11-26-12-9-19/h4-13,15,21-22,29H,14,16H2,1-3H3,(H,27,32)(H,30,31). The van der Waals surface area contributed by atoms with E-state index in [9.17, 15) is 19.8 Å². The molecule has 0 radical (unpaired) electrons. The number of aliphatic hydroxyl groups is 1. The molecular formula is C25H29N3O4. The minimum Gasteiger partial charge on any atom is -0.481 e. The van der Waals surface area contributed by atoms with E-state index < -0.39 is 24.0 Å². The fraction of sp³-hybridized carbons (Fsp3) is 0.320. The van der Waals surface area contributed by atoms with E-state index in [0.717, 1.165) is 22.3 Å². The Morgan fingerprint density at radius 2 is 1.53 bits per heavy atom. The molecule has 2 atom stereocenters. The van der Waals surface area contributed by atoms with E-state index in [4.69, 9.17) is 0 Å². The predicted octanol–water partition coefficient (Wildman–Crippen LogP) is 3.76. The molecule has 0 bridgehead atoms. The second-order valence-corrected chi connectivity index (χ2v) is 8.88. The van der Waals surface area contributed by atoms with E-state index in [1.165, 1.54) is 0 Å². The topological polar surface area (TPSA) is 104 Å².